The number of aromatic carboxylic acids is 1. The number of hydrogen-bond donors (Lipinski definition) is 2. The van der Waals surface area contributed by atoms with Crippen molar-refractivity contribution in [1.82, 2.24) is 0 Å². The number of furan rings is 1. The van der Waals surface area contributed by atoms with Gasteiger partial charge in [-0.25, -0.2) is 9.18 Å². The molecule has 19 heavy (non-hydrogen) atoms. The van der Waals surface area contributed by atoms with Crippen LogP contribution >= 0.6 is 0 Å². The van der Waals surface area contributed by atoms with E-state index in [1.54, 1.807) is 13.0 Å². The molecule has 0 atom stereocenters. The second-order valence-corrected chi connectivity index (χ2v) is 3.86. The highest BCUT2D eigenvalue weighted by atomic mass is 19.1. The summed E-state index contributed by atoms with van der Waals surface area (Å²) in [4.78, 5) is 22.8. The molecule has 1 amide bonds. The number of amides is 1. The van der Waals surface area contributed by atoms with Crippen LogP contribution in [-0.4, -0.2) is 17.0 Å². The number of anilines is 1. The normalized spacial score (nSPS) is 10.2. The molecule has 0 unspecified atom stereocenters. The van der Waals surface area contributed by atoms with Crippen molar-refractivity contribution in [3.05, 3.63) is 53.2 Å². The van der Waals surface area contributed by atoms with Crippen LogP contribution in [0.25, 0.3) is 0 Å². The largest absolute Gasteiger partial charge is 0.478 e. The Balaban J connectivity index is 2.28. The monoisotopic (exact) mass is 263 g/mol. The Morgan fingerprint density at radius 3 is 2.58 bits per heavy atom. The van der Waals surface area contributed by atoms with E-state index in [2.05, 4.69) is 5.32 Å². The molecular weight excluding hydrogens is 253 g/mol. The minimum Gasteiger partial charge on any atom is -0.478 e. The van der Waals surface area contributed by atoms with E-state index in [0.29, 0.717) is 5.76 Å². The molecule has 98 valence electrons. The molecule has 0 aliphatic heterocycles. The van der Waals surface area contributed by atoms with Crippen LogP contribution in [0.4, 0.5) is 10.1 Å². The number of halogens is 1. The van der Waals surface area contributed by atoms with Crippen LogP contribution in [0.3, 0.4) is 0 Å². The number of carboxylic acid groups (broad SMARTS) is 1. The van der Waals surface area contributed by atoms with E-state index in [1.165, 1.54) is 12.1 Å². The van der Waals surface area contributed by atoms with Gasteiger partial charge >= 0.3 is 5.97 Å². The second kappa shape index (κ2) is 4.93. The lowest BCUT2D eigenvalue weighted by Crippen LogP contribution is -2.14. The summed E-state index contributed by atoms with van der Waals surface area (Å²) < 4.78 is 18.1. The molecule has 1 heterocycles. The Bertz CT molecular complexity index is 648. The third kappa shape index (κ3) is 2.79. The van der Waals surface area contributed by atoms with Gasteiger partial charge in [0.05, 0.1) is 11.3 Å². The van der Waals surface area contributed by atoms with E-state index >= 15 is 0 Å². The molecule has 2 N–H and O–H groups in total. The van der Waals surface area contributed by atoms with Crippen molar-refractivity contribution >= 4 is 17.6 Å². The predicted octanol–water partition coefficient (Wildman–Crippen LogP) is 2.68. The molecule has 6 heteroatoms. The number of carbonyl (C=O) groups excluding carboxylic acids is 1. The SMILES string of the molecule is Cc1ccc(C(=O)Nc2ccc(F)cc2C(=O)O)o1. The molecule has 2 rings (SSSR count). The first-order valence-corrected chi connectivity index (χ1v) is 5.38. The van der Waals surface area contributed by atoms with Crippen molar-refractivity contribution < 1.29 is 23.5 Å². The van der Waals surface area contributed by atoms with Gasteiger partial charge in [0.2, 0.25) is 0 Å². The predicted molar refractivity (Wildman–Crippen MR) is 64.8 cm³/mol. The highest BCUT2D eigenvalue weighted by molar-refractivity contribution is 6.06. The van der Waals surface area contributed by atoms with Crippen LogP contribution in [-0.2, 0) is 0 Å². The Morgan fingerprint density at radius 2 is 2.00 bits per heavy atom. The quantitative estimate of drug-likeness (QED) is 0.892. The molecule has 2 aromatic rings. The van der Waals surface area contributed by atoms with Gasteiger partial charge in [0.1, 0.15) is 11.6 Å². The van der Waals surface area contributed by atoms with E-state index in [1.807, 2.05) is 0 Å². The van der Waals surface area contributed by atoms with Gasteiger partial charge in [-0.1, -0.05) is 0 Å². The minimum absolute atomic E-state index is 0.00736. The number of hydrogen-bond acceptors (Lipinski definition) is 3. The van der Waals surface area contributed by atoms with Crippen LogP contribution < -0.4 is 5.32 Å². The van der Waals surface area contributed by atoms with Gasteiger partial charge in [-0.2, -0.15) is 0 Å². The van der Waals surface area contributed by atoms with Gasteiger partial charge in [-0.3, -0.25) is 4.79 Å². The van der Waals surface area contributed by atoms with Gasteiger partial charge in [0.25, 0.3) is 5.91 Å². The number of benzene rings is 1. The molecule has 0 bridgehead atoms. The highest BCUT2D eigenvalue weighted by Gasteiger charge is 2.16. The lowest BCUT2D eigenvalue weighted by Gasteiger charge is -2.07. The first-order valence-electron chi connectivity index (χ1n) is 5.38. The molecule has 0 aliphatic rings. The van der Waals surface area contributed by atoms with E-state index in [0.717, 1.165) is 12.1 Å². The zero-order chi connectivity index (χ0) is 14.0. The van der Waals surface area contributed by atoms with E-state index in [4.69, 9.17) is 9.52 Å². The molecule has 0 radical (unpaired) electrons. The van der Waals surface area contributed by atoms with Crippen molar-refractivity contribution in [1.29, 1.82) is 0 Å². The third-order valence-electron chi connectivity index (χ3n) is 2.42. The number of nitrogens with one attached hydrogen (secondary N) is 1. The topological polar surface area (TPSA) is 79.5 Å². The summed E-state index contributed by atoms with van der Waals surface area (Å²) in [6, 6.07) is 6.17. The summed E-state index contributed by atoms with van der Waals surface area (Å²) in [7, 11) is 0. The molecule has 5 nitrogen and oxygen atoms in total. The summed E-state index contributed by atoms with van der Waals surface area (Å²) in [5, 5.41) is 11.3. The molecule has 0 saturated carbocycles. The average Bonchev–Trinajstić information content (AvgIpc) is 2.78. The highest BCUT2D eigenvalue weighted by Crippen LogP contribution is 2.18. The van der Waals surface area contributed by atoms with Crippen molar-refractivity contribution in [2.45, 2.75) is 6.92 Å². The van der Waals surface area contributed by atoms with Crippen LogP contribution in [0.1, 0.15) is 26.7 Å². The number of carboxylic acids is 1. The third-order valence-corrected chi connectivity index (χ3v) is 2.42. The maximum atomic E-state index is 13.0. The van der Waals surface area contributed by atoms with Crippen LogP contribution in [0.2, 0.25) is 0 Å². The van der Waals surface area contributed by atoms with E-state index in [9.17, 15) is 14.0 Å². The smallest absolute Gasteiger partial charge is 0.337 e. The van der Waals surface area contributed by atoms with Crippen molar-refractivity contribution in [3.8, 4) is 0 Å². The fourth-order valence-corrected chi connectivity index (χ4v) is 1.54. The molecule has 0 saturated heterocycles. The lowest BCUT2D eigenvalue weighted by atomic mass is 10.1. The second-order valence-electron chi connectivity index (χ2n) is 3.86. The van der Waals surface area contributed by atoms with Gasteiger partial charge < -0.3 is 14.8 Å². The van der Waals surface area contributed by atoms with Crippen LogP contribution in [0.5, 0.6) is 0 Å². The van der Waals surface area contributed by atoms with Gasteiger partial charge in [0, 0.05) is 0 Å². The summed E-state index contributed by atoms with van der Waals surface area (Å²) >= 11 is 0. The molecule has 0 spiro atoms. The maximum absolute atomic E-state index is 13.0. The Morgan fingerprint density at radius 1 is 1.26 bits per heavy atom. The summed E-state index contributed by atoms with van der Waals surface area (Å²) in [6.45, 7) is 1.68. The zero-order valence-corrected chi connectivity index (χ0v) is 9.94. The number of rotatable bonds is 3. The summed E-state index contributed by atoms with van der Waals surface area (Å²) in [5.74, 6) is -2.00. The molecule has 1 aromatic carbocycles. The molecule has 1 aromatic heterocycles. The zero-order valence-electron chi connectivity index (χ0n) is 9.94. The number of carbonyl (C=O) groups is 2. The van der Waals surface area contributed by atoms with E-state index in [-0.39, 0.29) is 17.0 Å². The van der Waals surface area contributed by atoms with Crippen molar-refractivity contribution in [2.24, 2.45) is 0 Å². The Kier molecular flexibility index (Phi) is 3.33. The van der Waals surface area contributed by atoms with E-state index < -0.39 is 17.7 Å². The van der Waals surface area contributed by atoms with Crippen molar-refractivity contribution in [3.63, 3.8) is 0 Å². The maximum Gasteiger partial charge on any atom is 0.337 e. The van der Waals surface area contributed by atoms with Gasteiger partial charge in [-0.15, -0.1) is 0 Å². The molecular formula is C13H10FNO4. The van der Waals surface area contributed by atoms with Crippen LogP contribution in [0, 0.1) is 12.7 Å². The van der Waals surface area contributed by atoms with Gasteiger partial charge in [-0.05, 0) is 37.3 Å². The first-order chi connectivity index (χ1) is 8.97. The fourth-order valence-electron chi connectivity index (χ4n) is 1.54. The average molecular weight is 263 g/mol. The summed E-state index contributed by atoms with van der Waals surface area (Å²) in [5.41, 5.74) is -0.315. The first kappa shape index (κ1) is 12.8. The molecule has 0 fully saturated rings. The Labute approximate surface area is 107 Å². The summed E-state index contributed by atoms with van der Waals surface area (Å²) in [6.07, 6.45) is 0. The fraction of sp³-hybridized carbons (Fsp3) is 0.0769. The number of aryl methyl sites for hydroxylation is 1. The standard InChI is InChI=1S/C13H10FNO4/c1-7-2-5-11(19-7)12(16)15-10-4-3-8(14)6-9(10)13(17)18/h2-6H,1H3,(H,15,16)(H,17,18). The van der Waals surface area contributed by atoms with Crippen molar-refractivity contribution in [2.75, 3.05) is 5.32 Å². The van der Waals surface area contributed by atoms with Crippen LogP contribution in [0.15, 0.2) is 34.7 Å². The Hall–Kier alpha value is -2.63. The molecule has 0 aliphatic carbocycles. The van der Waals surface area contributed by atoms with Gasteiger partial charge in [0.15, 0.2) is 5.76 Å². The minimum atomic E-state index is -1.33. The lowest BCUT2D eigenvalue weighted by molar-refractivity contribution is 0.0697.